The van der Waals surface area contributed by atoms with Gasteiger partial charge in [0.2, 0.25) is 17.7 Å². The lowest BCUT2D eigenvalue weighted by Crippen LogP contribution is -2.51. The molecule has 0 aromatic heterocycles. The lowest BCUT2D eigenvalue weighted by atomic mass is 9.92. The number of hydrogen-bond acceptors (Lipinski definition) is 5. The average Bonchev–Trinajstić information content (AvgIpc) is 3.53. The number of aldehydes is 1. The fraction of sp³-hybridized carbons (Fsp3) is 0.520. The Labute approximate surface area is 194 Å². The monoisotopic (exact) mass is 452 g/mol. The van der Waals surface area contributed by atoms with Gasteiger partial charge in [0.15, 0.2) is 0 Å². The molecular formula is C25H32N4O4. The summed E-state index contributed by atoms with van der Waals surface area (Å²) in [4.78, 5) is 51.6. The van der Waals surface area contributed by atoms with Gasteiger partial charge in [-0.05, 0) is 61.3 Å². The predicted molar refractivity (Wildman–Crippen MR) is 125 cm³/mol. The summed E-state index contributed by atoms with van der Waals surface area (Å²) in [6.07, 6.45) is 7.90. The molecular weight excluding hydrogens is 420 g/mol. The number of nitrogens with one attached hydrogen (secondary N) is 3. The van der Waals surface area contributed by atoms with Crippen molar-refractivity contribution in [2.45, 2.75) is 44.2 Å². The Kier molecular flexibility index (Phi) is 7.11. The van der Waals surface area contributed by atoms with E-state index in [-0.39, 0.29) is 29.6 Å². The van der Waals surface area contributed by atoms with Crippen molar-refractivity contribution in [1.29, 1.82) is 0 Å². The first kappa shape index (κ1) is 23.0. The number of nitrogens with zero attached hydrogens (tertiary/aromatic N) is 1. The number of carbonyl (C=O) groups excluding carboxylic acids is 4. The third-order valence-corrected chi connectivity index (χ3v) is 7.25. The molecule has 8 heteroatoms. The standard InChI is InChI=1S/C25H32N4O4/c1-26-19-8-5-16(6-9-19)7-10-22(31)29-14-18-3-2-4-21(18)23(29)25(33)28-20(15-30)13-17-11-12-27-24(17)32/h5-10,15,17-18,20-21,23,26H,2-4,11-14H2,1H3,(H,27,32)(H,28,33)/b10-7+/t17-,18-,20-,21+,23+/m0/s1. The van der Waals surface area contributed by atoms with E-state index in [1.807, 2.05) is 31.3 Å². The molecule has 176 valence electrons. The summed E-state index contributed by atoms with van der Waals surface area (Å²) in [6, 6.07) is 6.40. The lowest BCUT2D eigenvalue weighted by Gasteiger charge is -2.27. The summed E-state index contributed by atoms with van der Waals surface area (Å²) in [6.45, 7) is 1.16. The molecule has 2 heterocycles. The molecule has 1 saturated carbocycles. The van der Waals surface area contributed by atoms with Crippen LogP contribution in [0, 0.1) is 17.8 Å². The van der Waals surface area contributed by atoms with Gasteiger partial charge < -0.3 is 25.6 Å². The molecule has 1 aromatic rings. The van der Waals surface area contributed by atoms with E-state index in [1.54, 1.807) is 11.0 Å². The highest BCUT2D eigenvalue weighted by Crippen LogP contribution is 2.42. The molecule has 0 unspecified atom stereocenters. The number of amides is 3. The SMILES string of the molecule is CNc1ccc(/C=C/C(=O)N2C[C@@H]3CCC[C@H]3[C@@H]2C(=O)N[C@H](C=O)C[C@@H]2CCNC2=O)cc1. The second-order valence-electron chi connectivity index (χ2n) is 9.26. The zero-order chi connectivity index (χ0) is 23.4. The van der Waals surface area contributed by atoms with Gasteiger partial charge in [-0.1, -0.05) is 18.6 Å². The average molecular weight is 453 g/mol. The summed E-state index contributed by atoms with van der Waals surface area (Å²) >= 11 is 0. The van der Waals surface area contributed by atoms with Crippen LogP contribution in [-0.2, 0) is 19.2 Å². The highest BCUT2D eigenvalue weighted by Gasteiger charge is 2.49. The molecule has 3 aliphatic rings. The van der Waals surface area contributed by atoms with Crippen LogP contribution in [0.1, 0.15) is 37.7 Å². The van der Waals surface area contributed by atoms with Crippen LogP contribution >= 0.6 is 0 Å². The molecule has 8 nitrogen and oxygen atoms in total. The van der Waals surface area contributed by atoms with Crippen molar-refractivity contribution in [3.05, 3.63) is 35.9 Å². The van der Waals surface area contributed by atoms with Gasteiger partial charge in [0.05, 0.1) is 6.04 Å². The summed E-state index contributed by atoms with van der Waals surface area (Å²) in [7, 11) is 1.85. The molecule has 1 aromatic carbocycles. The fourth-order valence-electron chi connectivity index (χ4n) is 5.49. The predicted octanol–water partition coefficient (Wildman–Crippen LogP) is 1.58. The third-order valence-electron chi connectivity index (χ3n) is 7.25. The van der Waals surface area contributed by atoms with Gasteiger partial charge in [-0.3, -0.25) is 14.4 Å². The van der Waals surface area contributed by atoms with Gasteiger partial charge in [0.25, 0.3) is 0 Å². The van der Waals surface area contributed by atoms with Crippen LogP contribution in [0.4, 0.5) is 5.69 Å². The van der Waals surface area contributed by atoms with E-state index in [0.717, 1.165) is 30.5 Å². The van der Waals surface area contributed by atoms with Crippen LogP contribution in [0.2, 0.25) is 0 Å². The molecule has 0 bridgehead atoms. The normalized spacial score (nSPS) is 27.3. The molecule has 0 radical (unpaired) electrons. The minimum absolute atomic E-state index is 0.0717. The van der Waals surface area contributed by atoms with Crippen molar-refractivity contribution in [2.75, 3.05) is 25.5 Å². The number of carbonyl (C=O) groups is 4. The Balaban J connectivity index is 1.44. The van der Waals surface area contributed by atoms with E-state index < -0.39 is 12.1 Å². The van der Waals surface area contributed by atoms with Gasteiger partial charge in [-0.15, -0.1) is 0 Å². The van der Waals surface area contributed by atoms with Gasteiger partial charge >= 0.3 is 0 Å². The fourth-order valence-corrected chi connectivity index (χ4v) is 5.49. The Morgan fingerprint density at radius 3 is 2.67 bits per heavy atom. The van der Waals surface area contributed by atoms with E-state index >= 15 is 0 Å². The van der Waals surface area contributed by atoms with E-state index in [0.29, 0.717) is 38.1 Å². The number of likely N-dealkylation sites (tertiary alicyclic amines) is 1. The molecule has 1 aliphatic carbocycles. The van der Waals surface area contributed by atoms with E-state index in [2.05, 4.69) is 16.0 Å². The minimum Gasteiger partial charge on any atom is -0.388 e. The number of fused-ring (bicyclic) bond motifs is 1. The molecule has 2 aliphatic heterocycles. The van der Waals surface area contributed by atoms with Crippen LogP contribution in [0.25, 0.3) is 6.08 Å². The molecule has 5 atom stereocenters. The van der Waals surface area contributed by atoms with E-state index in [4.69, 9.17) is 0 Å². The molecule has 33 heavy (non-hydrogen) atoms. The zero-order valence-corrected chi connectivity index (χ0v) is 19.0. The maximum Gasteiger partial charge on any atom is 0.247 e. The molecule has 2 saturated heterocycles. The maximum absolute atomic E-state index is 13.3. The number of hydrogen-bond donors (Lipinski definition) is 3. The highest BCUT2D eigenvalue weighted by atomic mass is 16.2. The molecule has 0 spiro atoms. The number of anilines is 1. The number of benzene rings is 1. The first-order chi connectivity index (χ1) is 16.0. The lowest BCUT2D eigenvalue weighted by molar-refractivity contribution is -0.137. The summed E-state index contributed by atoms with van der Waals surface area (Å²) in [5.41, 5.74) is 1.89. The summed E-state index contributed by atoms with van der Waals surface area (Å²) in [5, 5.41) is 8.65. The van der Waals surface area contributed by atoms with Crippen molar-refractivity contribution < 1.29 is 19.2 Å². The molecule has 4 rings (SSSR count). The van der Waals surface area contributed by atoms with Crippen molar-refractivity contribution in [3.8, 4) is 0 Å². The maximum atomic E-state index is 13.3. The second-order valence-corrected chi connectivity index (χ2v) is 9.26. The molecule has 3 amide bonds. The smallest absolute Gasteiger partial charge is 0.247 e. The summed E-state index contributed by atoms with van der Waals surface area (Å²) < 4.78 is 0. The van der Waals surface area contributed by atoms with Gasteiger partial charge in [0.1, 0.15) is 12.3 Å². The Bertz CT molecular complexity index is 929. The van der Waals surface area contributed by atoms with Crippen LogP contribution in [0.15, 0.2) is 30.3 Å². The van der Waals surface area contributed by atoms with Crippen LogP contribution < -0.4 is 16.0 Å². The second kappa shape index (κ2) is 10.2. The van der Waals surface area contributed by atoms with Gasteiger partial charge in [-0.25, -0.2) is 0 Å². The minimum atomic E-state index is -0.731. The highest BCUT2D eigenvalue weighted by molar-refractivity contribution is 5.96. The van der Waals surface area contributed by atoms with Crippen LogP contribution in [-0.4, -0.2) is 61.1 Å². The van der Waals surface area contributed by atoms with Crippen molar-refractivity contribution in [1.82, 2.24) is 15.5 Å². The van der Waals surface area contributed by atoms with E-state index in [9.17, 15) is 19.2 Å². The third kappa shape index (κ3) is 5.10. The largest absolute Gasteiger partial charge is 0.388 e. The van der Waals surface area contributed by atoms with Crippen molar-refractivity contribution >= 4 is 35.8 Å². The van der Waals surface area contributed by atoms with Crippen molar-refractivity contribution in [3.63, 3.8) is 0 Å². The van der Waals surface area contributed by atoms with Crippen LogP contribution in [0.3, 0.4) is 0 Å². The first-order valence-corrected chi connectivity index (χ1v) is 11.8. The Morgan fingerprint density at radius 1 is 1.21 bits per heavy atom. The quantitative estimate of drug-likeness (QED) is 0.410. The van der Waals surface area contributed by atoms with Crippen LogP contribution in [0.5, 0.6) is 0 Å². The van der Waals surface area contributed by atoms with E-state index in [1.165, 1.54) is 6.08 Å². The van der Waals surface area contributed by atoms with Crippen molar-refractivity contribution in [2.24, 2.45) is 17.8 Å². The first-order valence-electron chi connectivity index (χ1n) is 11.8. The topological polar surface area (TPSA) is 108 Å². The molecule has 3 fully saturated rings. The summed E-state index contributed by atoms with van der Waals surface area (Å²) in [5.74, 6) is -0.404. The van der Waals surface area contributed by atoms with Gasteiger partial charge in [0, 0.05) is 37.8 Å². The van der Waals surface area contributed by atoms with Gasteiger partial charge in [-0.2, -0.15) is 0 Å². The Morgan fingerprint density at radius 2 is 2.00 bits per heavy atom. The zero-order valence-electron chi connectivity index (χ0n) is 19.0. The molecule has 3 N–H and O–H groups in total. The number of rotatable bonds is 8. The Hall–Kier alpha value is -3.16.